The second kappa shape index (κ2) is 6.75. The van der Waals surface area contributed by atoms with E-state index in [2.05, 4.69) is 0 Å². The minimum absolute atomic E-state index is 0.323. The second-order valence-electron chi connectivity index (χ2n) is 4.35. The molecule has 0 radical (unpaired) electrons. The van der Waals surface area contributed by atoms with Gasteiger partial charge in [-0.05, 0) is 25.1 Å². The molecule has 0 bridgehead atoms. The third kappa shape index (κ3) is 3.55. The van der Waals surface area contributed by atoms with Crippen LogP contribution < -0.4 is 9.47 Å². The predicted octanol–water partition coefficient (Wildman–Crippen LogP) is 5.50. The minimum atomic E-state index is -0.766. The van der Waals surface area contributed by atoms with Crippen molar-refractivity contribution < 1.29 is 14.6 Å². The highest BCUT2D eigenvalue weighted by molar-refractivity contribution is 6.43. The first-order valence-corrected chi connectivity index (χ1v) is 7.24. The fourth-order valence-corrected chi connectivity index (χ4v) is 2.48. The van der Waals surface area contributed by atoms with Crippen LogP contribution in [0.25, 0.3) is 0 Å². The first kappa shape index (κ1) is 16.2. The Kier molecular flexibility index (Phi) is 5.22. The number of hydrogen-bond acceptors (Lipinski definition) is 3. The summed E-state index contributed by atoms with van der Waals surface area (Å²) in [6, 6.07) is 8.24. The van der Waals surface area contributed by atoms with Gasteiger partial charge in [0.05, 0.1) is 33.8 Å². The van der Waals surface area contributed by atoms with Crippen LogP contribution in [0.5, 0.6) is 17.2 Å². The highest BCUT2D eigenvalue weighted by Crippen LogP contribution is 2.40. The lowest BCUT2D eigenvalue weighted by atomic mass is 10.1. The maximum atomic E-state index is 9.92. The first-order chi connectivity index (χ1) is 9.93. The van der Waals surface area contributed by atoms with Crippen molar-refractivity contribution in [2.24, 2.45) is 0 Å². The molecule has 0 aliphatic carbocycles. The summed E-state index contributed by atoms with van der Waals surface area (Å²) in [4.78, 5) is 0. The van der Waals surface area contributed by atoms with Crippen molar-refractivity contribution in [1.29, 1.82) is 0 Å². The number of methoxy groups -OCH3 is 1. The van der Waals surface area contributed by atoms with Gasteiger partial charge in [-0.25, -0.2) is 0 Å². The molecule has 0 aliphatic rings. The van der Waals surface area contributed by atoms with E-state index in [1.54, 1.807) is 25.1 Å². The molecular formula is C15H13Cl3O3. The predicted molar refractivity (Wildman–Crippen MR) is 85.2 cm³/mol. The summed E-state index contributed by atoms with van der Waals surface area (Å²) in [6.45, 7) is 1.63. The molecule has 2 aromatic carbocycles. The van der Waals surface area contributed by atoms with E-state index >= 15 is 0 Å². The van der Waals surface area contributed by atoms with Crippen molar-refractivity contribution in [3.63, 3.8) is 0 Å². The Balaban J connectivity index is 2.47. The Bertz CT molecular complexity index is 657. The van der Waals surface area contributed by atoms with Crippen LogP contribution >= 0.6 is 34.8 Å². The highest BCUT2D eigenvalue weighted by atomic mass is 35.5. The van der Waals surface area contributed by atoms with Gasteiger partial charge in [-0.15, -0.1) is 0 Å². The number of aliphatic hydroxyl groups is 1. The number of aliphatic hydroxyl groups excluding tert-OH is 1. The van der Waals surface area contributed by atoms with Crippen LogP contribution in [0.4, 0.5) is 0 Å². The summed E-state index contributed by atoms with van der Waals surface area (Å²) in [5.41, 5.74) is 0.530. The van der Waals surface area contributed by atoms with E-state index in [4.69, 9.17) is 44.3 Å². The van der Waals surface area contributed by atoms with Gasteiger partial charge in [0.25, 0.3) is 0 Å². The molecular weight excluding hydrogens is 335 g/mol. The summed E-state index contributed by atoms with van der Waals surface area (Å²) in [6.07, 6.45) is -0.766. The van der Waals surface area contributed by atoms with Gasteiger partial charge in [-0.3, -0.25) is 0 Å². The van der Waals surface area contributed by atoms with Crippen molar-refractivity contribution >= 4 is 34.8 Å². The molecule has 1 atom stereocenters. The van der Waals surface area contributed by atoms with Gasteiger partial charge in [0.1, 0.15) is 17.2 Å². The zero-order valence-corrected chi connectivity index (χ0v) is 13.6. The lowest BCUT2D eigenvalue weighted by molar-refractivity contribution is 0.190. The Morgan fingerprint density at radius 2 is 1.57 bits per heavy atom. The van der Waals surface area contributed by atoms with Crippen LogP contribution in [0.3, 0.4) is 0 Å². The maximum Gasteiger partial charge on any atom is 0.147 e. The number of ether oxygens (including phenoxy) is 2. The smallest absolute Gasteiger partial charge is 0.147 e. The fraction of sp³-hybridized carbons (Fsp3) is 0.200. The monoisotopic (exact) mass is 346 g/mol. The number of rotatable bonds is 4. The van der Waals surface area contributed by atoms with Crippen molar-refractivity contribution in [2.45, 2.75) is 13.0 Å². The van der Waals surface area contributed by atoms with Crippen LogP contribution in [-0.2, 0) is 0 Å². The summed E-state index contributed by atoms with van der Waals surface area (Å²) in [5, 5.41) is 10.9. The van der Waals surface area contributed by atoms with Crippen LogP contribution in [0.15, 0.2) is 30.3 Å². The van der Waals surface area contributed by atoms with E-state index < -0.39 is 6.10 Å². The number of benzene rings is 2. The molecule has 0 saturated heterocycles. The van der Waals surface area contributed by atoms with Gasteiger partial charge in [-0.1, -0.05) is 40.9 Å². The molecule has 0 aliphatic heterocycles. The van der Waals surface area contributed by atoms with E-state index in [0.717, 1.165) is 0 Å². The SMILES string of the molecule is COc1cccc(Oc2cc(Cl)c(Cl)cc2Cl)c1[C@@H](C)O. The van der Waals surface area contributed by atoms with Gasteiger partial charge >= 0.3 is 0 Å². The van der Waals surface area contributed by atoms with Gasteiger partial charge in [-0.2, -0.15) is 0 Å². The topological polar surface area (TPSA) is 38.7 Å². The molecule has 0 heterocycles. The van der Waals surface area contributed by atoms with Crippen LogP contribution in [0.1, 0.15) is 18.6 Å². The number of halogens is 3. The van der Waals surface area contributed by atoms with E-state index in [9.17, 15) is 5.11 Å². The molecule has 2 rings (SSSR count). The van der Waals surface area contributed by atoms with E-state index in [-0.39, 0.29) is 0 Å². The molecule has 0 aromatic heterocycles. The zero-order chi connectivity index (χ0) is 15.6. The van der Waals surface area contributed by atoms with Crippen LogP contribution in [-0.4, -0.2) is 12.2 Å². The maximum absolute atomic E-state index is 9.92. The Labute approximate surface area is 138 Å². The molecule has 6 heteroatoms. The third-order valence-corrected chi connectivity index (χ3v) is 3.88. The van der Waals surface area contributed by atoms with Crippen molar-refractivity contribution in [3.8, 4) is 17.2 Å². The standard InChI is InChI=1S/C15H13Cl3O3/c1-8(19)15-12(20-2)4-3-5-13(15)21-14-7-10(17)9(16)6-11(14)18/h3-8,19H,1-2H3/t8-/m1/s1. The largest absolute Gasteiger partial charge is 0.496 e. The van der Waals surface area contributed by atoms with Gasteiger partial charge in [0.15, 0.2) is 0 Å². The average Bonchev–Trinajstić information content (AvgIpc) is 2.44. The summed E-state index contributed by atoms with van der Waals surface area (Å²) in [5.74, 6) is 1.31. The molecule has 3 nitrogen and oxygen atoms in total. The van der Waals surface area contributed by atoms with Crippen molar-refractivity contribution in [2.75, 3.05) is 7.11 Å². The first-order valence-electron chi connectivity index (χ1n) is 6.11. The summed E-state index contributed by atoms with van der Waals surface area (Å²) in [7, 11) is 1.52. The third-order valence-electron chi connectivity index (χ3n) is 2.86. The zero-order valence-electron chi connectivity index (χ0n) is 11.4. The molecule has 0 saturated carbocycles. The van der Waals surface area contributed by atoms with Crippen molar-refractivity contribution in [3.05, 3.63) is 51.0 Å². The normalized spacial score (nSPS) is 12.1. The molecule has 1 N–H and O–H groups in total. The summed E-state index contributed by atoms with van der Waals surface area (Å²) >= 11 is 17.9. The molecule has 0 unspecified atom stereocenters. The van der Waals surface area contributed by atoms with Crippen molar-refractivity contribution in [1.82, 2.24) is 0 Å². The van der Waals surface area contributed by atoms with Crippen LogP contribution in [0, 0.1) is 0 Å². The van der Waals surface area contributed by atoms with Gasteiger partial charge < -0.3 is 14.6 Å². The Hall–Kier alpha value is -1.13. The number of hydrogen-bond donors (Lipinski definition) is 1. The molecule has 0 spiro atoms. The lowest BCUT2D eigenvalue weighted by Crippen LogP contribution is -2.00. The fourth-order valence-electron chi connectivity index (χ4n) is 1.90. The highest BCUT2D eigenvalue weighted by Gasteiger charge is 2.17. The molecule has 112 valence electrons. The Morgan fingerprint density at radius 3 is 2.19 bits per heavy atom. The molecule has 0 fully saturated rings. The van der Waals surface area contributed by atoms with Gasteiger partial charge in [0.2, 0.25) is 0 Å². The molecule has 2 aromatic rings. The lowest BCUT2D eigenvalue weighted by Gasteiger charge is -2.17. The van der Waals surface area contributed by atoms with Crippen LogP contribution in [0.2, 0.25) is 15.1 Å². The quantitative estimate of drug-likeness (QED) is 0.742. The minimum Gasteiger partial charge on any atom is -0.496 e. The van der Waals surface area contributed by atoms with Gasteiger partial charge in [0, 0.05) is 6.07 Å². The Morgan fingerprint density at radius 1 is 0.952 bits per heavy atom. The van der Waals surface area contributed by atoms with E-state index in [0.29, 0.717) is 37.9 Å². The van der Waals surface area contributed by atoms with E-state index in [1.807, 2.05) is 0 Å². The summed E-state index contributed by atoms with van der Waals surface area (Å²) < 4.78 is 11.0. The second-order valence-corrected chi connectivity index (χ2v) is 5.57. The van der Waals surface area contributed by atoms with E-state index in [1.165, 1.54) is 19.2 Å². The average molecular weight is 348 g/mol. The molecule has 0 amide bonds. The molecule has 21 heavy (non-hydrogen) atoms.